The highest BCUT2D eigenvalue weighted by atomic mass is 16.1. The molecule has 0 bridgehead atoms. The van der Waals surface area contributed by atoms with Gasteiger partial charge in [0, 0.05) is 13.1 Å². The molecule has 2 rings (SSSR count). The third-order valence-electron chi connectivity index (χ3n) is 2.93. The SMILES string of the molecule is CNc1cccc(C(=O)NC(C)C2CC2)n1. The molecule has 4 nitrogen and oxygen atoms in total. The Kier molecular flexibility index (Phi) is 3.08. The van der Waals surface area contributed by atoms with Crippen molar-refractivity contribution in [2.45, 2.75) is 25.8 Å². The number of hydrogen-bond donors (Lipinski definition) is 2. The summed E-state index contributed by atoms with van der Waals surface area (Å²) in [6.45, 7) is 2.05. The van der Waals surface area contributed by atoms with E-state index in [1.807, 2.05) is 12.1 Å². The highest BCUT2D eigenvalue weighted by molar-refractivity contribution is 5.92. The van der Waals surface area contributed by atoms with Crippen LogP contribution in [-0.2, 0) is 0 Å². The van der Waals surface area contributed by atoms with Crippen molar-refractivity contribution in [3.05, 3.63) is 23.9 Å². The molecule has 1 fully saturated rings. The first-order valence-corrected chi connectivity index (χ1v) is 5.66. The second-order valence-corrected chi connectivity index (χ2v) is 4.26. The zero-order valence-electron chi connectivity index (χ0n) is 9.66. The molecule has 1 amide bonds. The lowest BCUT2D eigenvalue weighted by Crippen LogP contribution is -2.34. The highest BCUT2D eigenvalue weighted by Crippen LogP contribution is 2.32. The van der Waals surface area contributed by atoms with Crippen molar-refractivity contribution in [1.82, 2.24) is 10.3 Å². The van der Waals surface area contributed by atoms with Gasteiger partial charge in [0.05, 0.1) is 0 Å². The normalized spacial score (nSPS) is 16.6. The van der Waals surface area contributed by atoms with Crippen molar-refractivity contribution in [3.63, 3.8) is 0 Å². The zero-order chi connectivity index (χ0) is 11.5. The van der Waals surface area contributed by atoms with Crippen LogP contribution < -0.4 is 10.6 Å². The fourth-order valence-electron chi connectivity index (χ4n) is 1.70. The van der Waals surface area contributed by atoms with E-state index in [-0.39, 0.29) is 11.9 Å². The van der Waals surface area contributed by atoms with Crippen molar-refractivity contribution in [1.29, 1.82) is 0 Å². The van der Waals surface area contributed by atoms with Gasteiger partial charge in [-0.2, -0.15) is 0 Å². The van der Waals surface area contributed by atoms with Crippen LogP contribution in [0, 0.1) is 5.92 Å². The number of pyridine rings is 1. The van der Waals surface area contributed by atoms with Crippen LogP contribution in [0.1, 0.15) is 30.3 Å². The Bertz CT molecular complexity index is 388. The van der Waals surface area contributed by atoms with Gasteiger partial charge in [-0.25, -0.2) is 4.98 Å². The van der Waals surface area contributed by atoms with Gasteiger partial charge in [-0.3, -0.25) is 4.79 Å². The van der Waals surface area contributed by atoms with E-state index in [1.165, 1.54) is 12.8 Å². The minimum Gasteiger partial charge on any atom is -0.373 e. The molecule has 86 valence electrons. The van der Waals surface area contributed by atoms with Crippen molar-refractivity contribution < 1.29 is 4.79 Å². The molecule has 16 heavy (non-hydrogen) atoms. The standard InChI is InChI=1S/C12H17N3O/c1-8(9-6-7-9)14-12(16)10-4-3-5-11(13-2)15-10/h3-5,8-9H,6-7H2,1-2H3,(H,13,15)(H,14,16). The van der Waals surface area contributed by atoms with Gasteiger partial charge in [-0.1, -0.05) is 6.07 Å². The number of amides is 1. The van der Waals surface area contributed by atoms with E-state index < -0.39 is 0 Å². The second-order valence-electron chi connectivity index (χ2n) is 4.26. The number of hydrogen-bond acceptors (Lipinski definition) is 3. The fourth-order valence-corrected chi connectivity index (χ4v) is 1.70. The predicted octanol–water partition coefficient (Wildman–Crippen LogP) is 1.65. The first kappa shape index (κ1) is 10.9. The largest absolute Gasteiger partial charge is 0.373 e. The average Bonchev–Trinajstić information content (AvgIpc) is 3.13. The van der Waals surface area contributed by atoms with E-state index in [0.29, 0.717) is 17.4 Å². The molecular formula is C12H17N3O. The summed E-state index contributed by atoms with van der Waals surface area (Å²) < 4.78 is 0. The zero-order valence-corrected chi connectivity index (χ0v) is 9.66. The smallest absolute Gasteiger partial charge is 0.270 e. The van der Waals surface area contributed by atoms with E-state index in [1.54, 1.807) is 13.1 Å². The Hall–Kier alpha value is -1.58. The highest BCUT2D eigenvalue weighted by Gasteiger charge is 2.29. The minimum absolute atomic E-state index is 0.0866. The van der Waals surface area contributed by atoms with Gasteiger partial charge < -0.3 is 10.6 Å². The molecular weight excluding hydrogens is 202 g/mol. The Morgan fingerprint density at radius 2 is 2.25 bits per heavy atom. The van der Waals surface area contributed by atoms with Crippen LogP contribution in [0.3, 0.4) is 0 Å². The predicted molar refractivity (Wildman–Crippen MR) is 63.4 cm³/mol. The van der Waals surface area contributed by atoms with Crippen LogP contribution in [0.15, 0.2) is 18.2 Å². The first-order chi connectivity index (χ1) is 7.70. The van der Waals surface area contributed by atoms with Gasteiger partial charge in [0.1, 0.15) is 11.5 Å². The molecule has 1 unspecified atom stereocenters. The van der Waals surface area contributed by atoms with Crippen LogP contribution in [0.5, 0.6) is 0 Å². The summed E-state index contributed by atoms with van der Waals surface area (Å²) in [5.41, 5.74) is 0.472. The van der Waals surface area contributed by atoms with Crippen LogP contribution in [-0.4, -0.2) is 24.0 Å². The van der Waals surface area contributed by atoms with Gasteiger partial charge in [-0.15, -0.1) is 0 Å². The molecule has 1 saturated carbocycles. The van der Waals surface area contributed by atoms with E-state index in [9.17, 15) is 4.79 Å². The Labute approximate surface area is 95.5 Å². The van der Waals surface area contributed by atoms with Gasteiger partial charge in [0.25, 0.3) is 5.91 Å². The number of anilines is 1. The van der Waals surface area contributed by atoms with E-state index in [4.69, 9.17) is 0 Å². The lowest BCUT2D eigenvalue weighted by Gasteiger charge is -2.12. The van der Waals surface area contributed by atoms with Crippen LogP contribution in [0.2, 0.25) is 0 Å². The Balaban J connectivity index is 2.01. The van der Waals surface area contributed by atoms with Crippen molar-refractivity contribution in [2.24, 2.45) is 5.92 Å². The monoisotopic (exact) mass is 219 g/mol. The summed E-state index contributed by atoms with van der Waals surface area (Å²) in [4.78, 5) is 16.1. The molecule has 1 atom stereocenters. The summed E-state index contributed by atoms with van der Waals surface area (Å²) in [6, 6.07) is 5.65. The van der Waals surface area contributed by atoms with E-state index in [0.717, 1.165) is 0 Å². The molecule has 0 spiro atoms. The Morgan fingerprint density at radius 3 is 2.88 bits per heavy atom. The molecule has 4 heteroatoms. The number of nitrogens with one attached hydrogen (secondary N) is 2. The van der Waals surface area contributed by atoms with Gasteiger partial charge in [0.2, 0.25) is 0 Å². The lowest BCUT2D eigenvalue weighted by atomic mass is 10.2. The van der Waals surface area contributed by atoms with Crippen molar-refractivity contribution in [2.75, 3.05) is 12.4 Å². The number of aromatic nitrogens is 1. The minimum atomic E-state index is -0.0866. The number of nitrogens with zero attached hydrogens (tertiary/aromatic N) is 1. The molecule has 0 saturated heterocycles. The summed E-state index contributed by atoms with van der Waals surface area (Å²) in [7, 11) is 1.79. The lowest BCUT2D eigenvalue weighted by molar-refractivity contribution is 0.0931. The fraction of sp³-hybridized carbons (Fsp3) is 0.500. The quantitative estimate of drug-likeness (QED) is 0.809. The van der Waals surface area contributed by atoms with Crippen LogP contribution in [0.4, 0.5) is 5.82 Å². The summed E-state index contributed by atoms with van der Waals surface area (Å²) >= 11 is 0. The molecule has 1 heterocycles. The summed E-state index contributed by atoms with van der Waals surface area (Å²) in [5.74, 6) is 1.29. The number of rotatable bonds is 4. The van der Waals surface area contributed by atoms with E-state index >= 15 is 0 Å². The van der Waals surface area contributed by atoms with Gasteiger partial charge in [-0.05, 0) is 37.8 Å². The molecule has 0 aromatic carbocycles. The molecule has 0 radical (unpaired) electrons. The van der Waals surface area contributed by atoms with Crippen LogP contribution >= 0.6 is 0 Å². The Morgan fingerprint density at radius 1 is 1.50 bits per heavy atom. The molecule has 1 aliphatic rings. The topological polar surface area (TPSA) is 54.0 Å². The first-order valence-electron chi connectivity index (χ1n) is 5.66. The number of carbonyl (C=O) groups excluding carboxylic acids is 1. The maximum atomic E-state index is 11.9. The van der Waals surface area contributed by atoms with Crippen molar-refractivity contribution in [3.8, 4) is 0 Å². The summed E-state index contributed by atoms with van der Waals surface area (Å²) in [5, 5.41) is 5.90. The van der Waals surface area contributed by atoms with Crippen LogP contribution in [0.25, 0.3) is 0 Å². The van der Waals surface area contributed by atoms with Crippen molar-refractivity contribution >= 4 is 11.7 Å². The third-order valence-corrected chi connectivity index (χ3v) is 2.93. The van der Waals surface area contributed by atoms with Gasteiger partial charge in [0.15, 0.2) is 0 Å². The second kappa shape index (κ2) is 4.51. The third kappa shape index (κ3) is 2.51. The maximum Gasteiger partial charge on any atom is 0.270 e. The van der Waals surface area contributed by atoms with E-state index in [2.05, 4.69) is 22.5 Å². The average molecular weight is 219 g/mol. The molecule has 1 aromatic rings. The molecule has 1 aliphatic carbocycles. The molecule has 0 aliphatic heterocycles. The molecule has 1 aromatic heterocycles. The van der Waals surface area contributed by atoms with Gasteiger partial charge >= 0.3 is 0 Å². The molecule has 2 N–H and O–H groups in total. The maximum absolute atomic E-state index is 11.9. The number of carbonyl (C=O) groups is 1. The summed E-state index contributed by atoms with van der Waals surface area (Å²) in [6.07, 6.45) is 2.46.